The van der Waals surface area contributed by atoms with Gasteiger partial charge in [0.25, 0.3) is 11.8 Å². The summed E-state index contributed by atoms with van der Waals surface area (Å²) in [6.45, 7) is 1.60. The molecule has 23 heavy (non-hydrogen) atoms. The van der Waals surface area contributed by atoms with Crippen molar-refractivity contribution in [1.29, 1.82) is 0 Å². The van der Waals surface area contributed by atoms with Gasteiger partial charge in [-0.25, -0.2) is 0 Å². The fourth-order valence-corrected chi connectivity index (χ4v) is 2.57. The lowest BCUT2D eigenvalue weighted by atomic mass is 10.1. The third kappa shape index (κ3) is 3.87. The van der Waals surface area contributed by atoms with Gasteiger partial charge in [-0.2, -0.15) is 4.98 Å². The predicted molar refractivity (Wildman–Crippen MR) is 80.9 cm³/mol. The Morgan fingerprint density at radius 3 is 3.00 bits per heavy atom. The van der Waals surface area contributed by atoms with Crippen LogP contribution in [0.2, 0.25) is 0 Å². The molecule has 1 aliphatic rings. The lowest BCUT2D eigenvalue weighted by Crippen LogP contribution is -2.32. The second-order valence-corrected chi connectivity index (χ2v) is 5.41. The first kappa shape index (κ1) is 15.5. The van der Waals surface area contributed by atoms with E-state index in [1.807, 2.05) is 30.3 Å². The van der Waals surface area contributed by atoms with Gasteiger partial charge in [-0.1, -0.05) is 23.4 Å². The van der Waals surface area contributed by atoms with Gasteiger partial charge in [0.1, 0.15) is 12.4 Å². The fourth-order valence-electron chi connectivity index (χ4n) is 2.57. The first-order valence-corrected chi connectivity index (χ1v) is 7.53. The number of ether oxygens (including phenoxy) is 2. The summed E-state index contributed by atoms with van der Waals surface area (Å²) in [4.78, 5) is 18.3. The Labute approximate surface area is 134 Å². The van der Waals surface area contributed by atoms with Gasteiger partial charge in [-0.3, -0.25) is 4.79 Å². The minimum Gasteiger partial charge on any atom is -0.484 e. The summed E-state index contributed by atoms with van der Waals surface area (Å²) < 4.78 is 15.6. The van der Waals surface area contributed by atoms with Gasteiger partial charge >= 0.3 is 0 Å². The van der Waals surface area contributed by atoms with Crippen molar-refractivity contribution >= 4 is 5.91 Å². The van der Waals surface area contributed by atoms with Crippen molar-refractivity contribution in [1.82, 2.24) is 15.0 Å². The van der Waals surface area contributed by atoms with Crippen LogP contribution in [0.1, 0.15) is 24.1 Å². The molecule has 0 spiro atoms. The van der Waals surface area contributed by atoms with E-state index in [2.05, 4.69) is 10.1 Å². The van der Waals surface area contributed by atoms with Crippen molar-refractivity contribution in [2.45, 2.75) is 18.9 Å². The molecule has 3 rings (SSSR count). The summed E-state index contributed by atoms with van der Waals surface area (Å²) in [5, 5.41) is 3.97. The van der Waals surface area contributed by atoms with Gasteiger partial charge in [-0.15, -0.1) is 0 Å². The number of rotatable bonds is 6. The van der Waals surface area contributed by atoms with Gasteiger partial charge in [0, 0.05) is 26.1 Å². The average Bonchev–Trinajstić information content (AvgIpc) is 3.23. The molecule has 0 N–H and O–H groups in total. The Kier molecular flexibility index (Phi) is 4.87. The Balaban J connectivity index is 1.51. The Bertz CT molecular complexity index is 644. The van der Waals surface area contributed by atoms with Crippen LogP contribution in [0.4, 0.5) is 0 Å². The normalized spacial score (nSPS) is 17.4. The number of amides is 1. The minimum absolute atomic E-state index is 0.0306. The van der Waals surface area contributed by atoms with E-state index in [1.54, 1.807) is 12.0 Å². The van der Waals surface area contributed by atoms with Crippen LogP contribution in [0.25, 0.3) is 0 Å². The van der Waals surface area contributed by atoms with E-state index in [-0.39, 0.29) is 18.4 Å². The van der Waals surface area contributed by atoms with Gasteiger partial charge in [-0.05, 0) is 18.6 Å². The molecule has 1 aromatic heterocycles. The zero-order valence-corrected chi connectivity index (χ0v) is 13.0. The van der Waals surface area contributed by atoms with E-state index >= 15 is 0 Å². The monoisotopic (exact) mass is 317 g/mol. The Hall–Kier alpha value is -2.41. The molecule has 0 radical (unpaired) electrons. The summed E-state index contributed by atoms with van der Waals surface area (Å²) in [7, 11) is 1.58. The summed E-state index contributed by atoms with van der Waals surface area (Å²) in [5.74, 6) is 1.86. The third-order valence-corrected chi connectivity index (χ3v) is 3.76. The number of hydrogen-bond donors (Lipinski definition) is 0. The quantitative estimate of drug-likeness (QED) is 0.805. The van der Waals surface area contributed by atoms with Crippen molar-refractivity contribution < 1.29 is 18.8 Å². The lowest BCUT2D eigenvalue weighted by molar-refractivity contribution is -0.132. The van der Waals surface area contributed by atoms with Crippen LogP contribution in [-0.2, 0) is 16.1 Å². The van der Waals surface area contributed by atoms with Crippen molar-refractivity contribution in [3.63, 3.8) is 0 Å². The second kappa shape index (κ2) is 7.23. The summed E-state index contributed by atoms with van der Waals surface area (Å²) in [6.07, 6.45) is 0.822. The average molecular weight is 317 g/mol. The topological polar surface area (TPSA) is 77.7 Å². The molecule has 1 atom stereocenters. The number of likely N-dealkylation sites (tertiary alicyclic amines) is 1. The van der Waals surface area contributed by atoms with Crippen LogP contribution in [0.3, 0.4) is 0 Å². The van der Waals surface area contributed by atoms with Crippen LogP contribution >= 0.6 is 0 Å². The number of nitrogens with zero attached hydrogens (tertiary/aromatic N) is 3. The first-order chi connectivity index (χ1) is 11.3. The van der Waals surface area contributed by atoms with Gasteiger partial charge < -0.3 is 18.9 Å². The van der Waals surface area contributed by atoms with E-state index in [0.29, 0.717) is 37.2 Å². The summed E-state index contributed by atoms with van der Waals surface area (Å²) >= 11 is 0. The highest BCUT2D eigenvalue weighted by molar-refractivity contribution is 5.78. The van der Waals surface area contributed by atoms with Crippen LogP contribution in [0, 0.1) is 0 Å². The summed E-state index contributed by atoms with van der Waals surface area (Å²) in [6, 6.07) is 9.31. The van der Waals surface area contributed by atoms with Gasteiger partial charge in [0.2, 0.25) is 0 Å². The zero-order valence-electron chi connectivity index (χ0n) is 13.0. The summed E-state index contributed by atoms with van der Waals surface area (Å²) in [5.41, 5.74) is 0. The third-order valence-electron chi connectivity index (χ3n) is 3.76. The van der Waals surface area contributed by atoms with E-state index in [9.17, 15) is 4.79 Å². The molecular formula is C16H19N3O4. The van der Waals surface area contributed by atoms with E-state index in [1.165, 1.54) is 0 Å². The maximum absolute atomic E-state index is 12.2. The molecule has 1 amide bonds. The van der Waals surface area contributed by atoms with Crippen LogP contribution in [0.15, 0.2) is 34.9 Å². The standard InChI is InChI=1S/C16H19N3O4/c1-21-10-14-17-16(18-23-14)12-7-8-19(9-12)15(20)11-22-13-5-3-2-4-6-13/h2-6,12H,7-11H2,1H3. The number of carbonyl (C=O) groups excluding carboxylic acids is 1. The number of carbonyl (C=O) groups is 1. The van der Waals surface area contributed by atoms with Crippen molar-refractivity contribution in [3.05, 3.63) is 42.0 Å². The van der Waals surface area contributed by atoms with Crippen LogP contribution < -0.4 is 4.74 Å². The maximum Gasteiger partial charge on any atom is 0.260 e. The molecule has 1 unspecified atom stereocenters. The molecule has 0 bridgehead atoms. The zero-order chi connectivity index (χ0) is 16.1. The molecule has 1 aliphatic heterocycles. The van der Waals surface area contributed by atoms with Crippen molar-refractivity contribution in [2.24, 2.45) is 0 Å². The number of aromatic nitrogens is 2. The second-order valence-electron chi connectivity index (χ2n) is 5.41. The smallest absolute Gasteiger partial charge is 0.260 e. The largest absolute Gasteiger partial charge is 0.484 e. The highest BCUT2D eigenvalue weighted by Gasteiger charge is 2.30. The first-order valence-electron chi connectivity index (χ1n) is 7.53. The molecule has 1 fully saturated rings. The van der Waals surface area contributed by atoms with E-state index < -0.39 is 0 Å². The van der Waals surface area contributed by atoms with Crippen molar-refractivity contribution in [3.8, 4) is 5.75 Å². The number of methoxy groups -OCH3 is 1. The van der Waals surface area contributed by atoms with E-state index in [0.717, 1.165) is 6.42 Å². The maximum atomic E-state index is 12.2. The van der Waals surface area contributed by atoms with Gasteiger partial charge in [0.15, 0.2) is 12.4 Å². The molecule has 7 nitrogen and oxygen atoms in total. The highest BCUT2D eigenvalue weighted by Crippen LogP contribution is 2.25. The SMILES string of the molecule is COCc1nc(C2CCN(C(=O)COc3ccccc3)C2)no1. The molecule has 0 aliphatic carbocycles. The number of benzene rings is 1. The molecule has 1 saturated heterocycles. The van der Waals surface area contributed by atoms with Crippen molar-refractivity contribution in [2.75, 3.05) is 26.8 Å². The number of hydrogen-bond acceptors (Lipinski definition) is 6. The van der Waals surface area contributed by atoms with E-state index in [4.69, 9.17) is 14.0 Å². The highest BCUT2D eigenvalue weighted by atomic mass is 16.5. The molecule has 122 valence electrons. The Morgan fingerprint density at radius 1 is 1.39 bits per heavy atom. The molecule has 1 aromatic carbocycles. The molecule has 7 heteroatoms. The predicted octanol–water partition coefficient (Wildman–Crippen LogP) is 1.61. The molecule has 0 saturated carbocycles. The Morgan fingerprint density at radius 2 is 2.22 bits per heavy atom. The lowest BCUT2D eigenvalue weighted by Gasteiger charge is -2.16. The minimum atomic E-state index is -0.0306. The van der Waals surface area contributed by atoms with Gasteiger partial charge in [0.05, 0.1) is 0 Å². The molecule has 2 heterocycles. The molecular weight excluding hydrogens is 298 g/mol. The van der Waals surface area contributed by atoms with Crippen LogP contribution in [-0.4, -0.2) is 47.8 Å². The fraction of sp³-hybridized carbons (Fsp3) is 0.438. The van der Waals surface area contributed by atoms with Crippen LogP contribution in [0.5, 0.6) is 5.75 Å². The number of para-hydroxylation sites is 1. The molecule has 2 aromatic rings.